The van der Waals surface area contributed by atoms with Crippen LogP contribution in [-0.4, -0.2) is 88.3 Å². The summed E-state index contributed by atoms with van der Waals surface area (Å²) in [5, 5.41) is 20.7. The Morgan fingerprint density at radius 3 is 2.83 bits per heavy atom. The van der Waals surface area contributed by atoms with Crippen LogP contribution >= 0.6 is 0 Å². The Hall–Kier alpha value is -4.39. The number of ether oxygens (including phenoxy) is 1. The Morgan fingerprint density at radius 2 is 2.05 bits per heavy atom. The number of guanidine groups is 2. The van der Waals surface area contributed by atoms with Crippen LogP contribution in [0.2, 0.25) is 0 Å². The summed E-state index contributed by atoms with van der Waals surface area (Å²) in [7, 11) is 0. The van der Waals surface area contributed by atoms with E-state index in [4.69, 9.17) is 16.2 Å². The summed E-state index contributed by atoms with van der Waals surface area (Å²) in [6.07, 6.45) is 1.26. The van der Waals surface area contributed by atoms with E-state index < -0.39 is 29.9 Å². The van der Waals surface area contributed by atoms with Crippen molar-refractivity contribution >= 4 is 23.7 Å². The molecule has 4 aliphatic rings. The zero-order valence-electron chi connectivity index (χ0n) is 22.3. The third-order valence-electron chi connectivity index (χ3n) is 8.39. The van der Waals surface area contributed by atoms with E-state index in [1.54, 1.807) is 29.2 Å². The second kappa shape index (κ2) is 9.37. The third kappa shape index (κ3) is 3.99. The topological polar surface area (TPSA) is 194 Å². The Labute approximate surface area is 231 Å². The van der Waals surface area contributed by atoms with Gasteiger partial charge in [-0.25, -0.2) is 10.3 Å². The lowest BCUT2D eigenvalue weighted by molar-refractivity contribution is -0.513. The lowest BCUT2D eigenvalue weighted by Crippen LogP contribution is -2.88. The van der Waals surface area contributed by atoms with Gasteiger partial charge in [0, 0.05) is 24.8 Å². The molecule has 1 saturated heterocycles. The SMILES string of the molecule is CC1(C)CCOc2c(C(=O)NC3CN4C(N)=N[C@@H](CNC(=O)c5ccccn5)[C@@H]5[NH+]=C(N)NC54[C@@H]3O)cccc21. The molecule has 4 aliphatic heterocycles. The van der Waals surface area contributed by atoms with E-state index in [0.717, 1.165) is 12.0 Å². The van der Waals surface area contributed by atoms with Crippen LogP contribution in [0.1, 0.15) is 46.7 Å². The molecule has 2 amide bonds. The van der Waals surface area contributed by atoms with E-state index in [2.05, 4.69) is 44.8 Å². The first-order valence-electron chi connectivity index (χ1n) is 13.3. The standard InChI is InChI=1S/C27H33N9O4/c1-26(2)9-11-40-19-14(6-5-7-15(19)26)22(38)32-18-13-36-25(29)33-17(12-31-23(39)16-8-3-4-10-30-16)20-27(36,21(18)37)35-24(28)34-20/h3-8,10,17-18,20-21,37H,9,11-13H2,1-2H3,(H2,29,33)(H,31,39)(H,32,38)(H3,28,34,35)/p+1/t17-,18?,20-,21+,27?/m0/s1. The summed E-state index contributed by atoms with van der Waals surface area (Å²) < 4.78 is 5.93. The molecule has 0 radical (unpaired) electrons. The molecular weight excluding hydrogens is 514 g/mol. The van der Waals surface area contributed by atoms with Gasteiger partial charge in [-0.1, -0.05) is 32.0 Å². The van der Waals surface area contributed by atoms with Crippen molar-refractivity contribution in [3.8, 4) is 5.75 Å². The van der Waals surface area contributed by atoms with Crippen molar-refractivity contribution < 1.29 is 24.4 Å². The number of hydrogen-bond acceptors (Lipinski definition) is 10. The van der Waals surface area contributed by atoms with E-state index in [-0.39, 0.29) is 47.9 Å². The number of para-hydroxylation sites is 1. The quantitative estimate of drug-likeness (QED) is 0.205. The van der Waals surface area contributed by atoms with Crippen LogP contribution in [-0.2, 0) is 5.41 Å². The molecule has 1 fully saturated rings. The minimum absolute atomic E-state index is 0.116. The lowest BCUT2D eigenvalue weighted by Gasteiger charge is -2.43. The fraction of sp³-hybridized carbons (Fsp3) is 0.444. The molecule has 13 nitrogen and oxygen atoms in total. The number of amides is 2. The van der Waals surface area contributed by atoms with Crippen molar-refractivity contribution in [2.24, 2.45) is 16.5 Å². The molecule has 1 spiro atoms. The maximum Gasteiger partial charge on any atom is 0.343 e. The number of carbonyl (C=O) groups excluding carboxylic acids is 2. The highest BCUT2D eigenvalue weighted by Gasteiger charge is 2.68. The van der Waals surface area contributed by atoms with Crippen molar-refractivity contribution in [3.63, 3.8) is 0 Å². The summed E-state index contributed by atoms with van der Waals surface area (Å²) in [6.45, 7) is 5.08. The normalized spacial score (nSPS) is 29.5. The number of benzene rings is 1. The number of aliphatic imine (C=N–C) groups is 1. The van der Waals surface area contributed by atoms with Gasteiger partial charge in [-0.05, 0) is 30.0 Å². The van der Waals surface area contributed by atoms with Crippen molar-refractivity contribution in [2.45, 2.75) is 55.6 Å². The number of nitrogens with one attached hydrogen (secondary N) is 4. The maximum atomic E-state index is 13.5. The molecule has 210 valence electrons. The highest BCUT2D eigenvalue weighted by molar-refractivity contribution is 5.98. The Bertz CT molecular complexity index is 1410. The van der Waals surface area contributed by atoms with Gasteiger partial charge in [0.05, 0.1) is 18.2 Å². The Kier molecular flexibility index (Phi) is 6.06. The first-order valence-corrected chi connectivity index (χ1v) is 13.3. The van der Waals surface area contributed by atoms with Gasteiger partial charge >= 0.3 is 5.96 Å². The number of fused-ring (bicyclic) bond motifs is 1. The smallest absolute Gasteiger partial charge is 0.343 e. The minimum atomic E-state index is -1.19. The predicted octanol–water partition coefficient (Wildman–Crippen LogP) is -2.89. The van der Waals surface area contributed by atoms with Crippen molar-refractivity contribution in [1.29, 1.82) is 0 Å². The summed E-state index contributed by atoms with van der Waals surface area (Å²) in [5.41, 5.74) is 12.9. The molecule has 40 heavy (non-hydrogen) atoms. The highest BCUT2D eigenvalue weighted by atomic mass is 16.5. The molecule has 5 atom stereocenters. The largest absolute Gasteiger partial charge is 0.492 e. The number of aliphatic hydroxyl groups is 1. The molecule has 13 heteroatoms. The molecule has 2 aromatic rings. The average Bonchev–Trinajstić information content (AvgIpc) is 3.43. The number of carbonyl (C=O) groups is 2. The number of hydrogen-bond donors (Lipinski definition) is 7. The Morgan fingerprint density at radius 1 is 1.23 bits per heavy atom. The van der Waals surface area contributed by atoms with Gasteiger partial charge in [-0.15, -0.1) is 0 Å². The second-order valence-electron chi connectivity index (χ2n) is 11.3. The number of pyridine rings is 1. The molecule has 1 aromatic heterocycles. The number of aliphatic hydroxyl groups excluding tert-OH is 1. The Balaban J connectivity index is 1.23. The van der Waals surface area contributed by atoms with Gasteiger partial charge in [0.15, 0.2) is 12.0 Å². The molecule has 5 heterocycles. The molecule has 0 bridgehead atoms. The first kappa shape index (κ1) is 25.9. The van der Waals surface area contributed by atoms with E-state index in [1.807, 2.05) is 12.1 Å². The van der Waals surface area contributed by atoms with Crippen molar-refractivity contribution in [3.05, 3.63) is 59.4 Å². The molecule has 6 rings (SSSR count). The van der Waals surface area contributed by atoms with E-state index in [1.165, 1.54) is 6.20 Å². The number of aromatic nitrogens is 1. The lowest BCUT2D eigenvalue weighted by atomic mass is 9.79. The highest BCUT2D eigenvalue weighted by Crippen LogP contribution is 2.41. The summed E-state index contributed by atoms with van der Waals surface area (Å²) >= 11 is 0. The van der Waals surface area contributed by atoms with Gasteiger partial charge in [-0.2, -0.15) is 0 Å². The van der Waals surface area contributed by atoms with Crippen LogP contribution < -0.4 is 37.1 Å². The van der Waals surface area contributed by atoms with Crippen molar-refractivity contribution in [2.75, 3.05) is 19.7 Å². The predicted molar refractivity (Wildman–Crippen MR) is 145 cm³/mol. The van der Waals surface area contributed by atoms with Crippen LogP contribution in [0, 0.1) is 0 Å². The molecule has 0 saturated carbocycles. The fourth-order valence-electron chi connectivity index (χ4n) is 6.27. The van der Waals surface area contributed by atoms with Crippen LogP contribution in [0.3, 0.4) is 0 Å². The van der Waals surface area contributed by atoms with Crippen LogP contribution in [0.25, 0.3) is 0 Å². The summed E-state index contributed by atoms with van der Waals surface area (Å²) in [4.78, 5) is 39.7. The first-order chi connectivity index (χ1) is 19.1. The van der Waals surface area contributed by atoms with E-state index in [0.29, 0.717) is 17.9 Å². The average molecular weight is 549 g/mol. The molecule has 2 unspecified atom stereocenters. The van der Waals surface area contributed by atoms with E-state index in [9.17, 15) is 14.7 Å². The fourth-order valence-corrected chi connectivity index (χ4v) is 6.27. The number of nitrogens with zero attached hydrogens (tertiary/aromatic N) is 3. The van der Waals surface area contributed by atoms with Crippen LogP contribution in [0.5, 0.6) is 5.75 Å². The monoisotopic (exact) mass is 548 g/mol. The number of nitrogens with two attached hydrogens (primary N) is 2. The summed E-state index contributed by atoms with van der Waals surface area (Å²) in [6, 6.07) is 8.78. The molecule has 1 aromatic carbocycles. The molecule has 0 aliphatic carbocycles. The van der Waals surface area contributed by atoms with Gasteiger partial charge in [0.2, 0.25) is 5.66 Å². The maximum absolute atomic E-state index is 13.5. The zero-order valence-corrected chi connectivity index (χ0v) is 22.3. The van der Waals surface area contributed by atoms with Crippen molar-refractivity contribution in [1.82, 2.24) is 25.8 Å². The molecular formula is C27H34N9O4+. The van der Waals surface area contributed by atoms with Gasteiger partial charge in [-0.3, -0.25) is 25.3 Å². The van der Waals surface area contributed by atoms with Gasteiger partial charge < -0.3 is 31.1 Å². The van der Waals surface area contributed by atoms with Gasteiger partial charge in [0.25, 0.3) is 11.8 Å². The van der Waals surface area contributed by atoms with Crippen LogP contribution in [0.15, 0.2) is 47.6 Å². The van der Waals surface area contributed by atoms with Gasteiger partial charge in [0.1, 0.15) is 23.6 Å². The zero-order chi connectivity index (χ0) is 28.2. The molecule has 9 N–H and O–H groups in total. The minimum Gasteiger partial charge on any atom is -0.492 e. The second-order valence-corrected chi connectivity index (χ2v) is 11.3. The summed E-state index contributed by atoms with van der Waals surface area (Å²) in [5.74, 6) is 0.252. The number of rotatable bonds is 5. The van der Waals surface area contributed by atoms with E-state index >= 15 is 0 Å². The third-order valence-corrected chi connectivity index (χ3v) is 8.39. The van der Waals surface area contributed by atoms with Crippen LogP contribution in [0.4, 0.5) is 0 Å².